The van der Waals surface area contributed by atoms with Gasteiger partial charge in [0.25, 0.3) is 0 Å². The van der Waals surface area contributed by atoms with Gasteiger partial charge in [-0.3, -0.25) is 0 Å². The van der Waals surface area contributed by atoms with Gasteiger partial charge in [-0.25, -0.2) is 4.98 Å². The predicted octanol–water partition coefficient (Wildman–Crippen LogP) is 3.50. The summed E-state index contributed by atoms with van der Waals surface area (Å²) in [6.45, 7) is 4.14. The minimum Gasteiger partial charge on any atom is -0.397 e. The Labute approximate surface area is 110 Å². The third-order valence-electron chi connectivity index (χ3n) is 3.32. The molecule has 3 rings (SSSR count). The van der Waals surface area contributed by atoms with Crippen molar-refractivity contribution in [2.75, 3.05) is 5.73 Å². The first-order valence-electron chi connectivity index (χ1n) is 5.85. The third kappa shape index (κ3) is 1.46. The molecule has 2 heterocycles. The molecule has 1 aromatic carbocycles. The highest BCUT2D eigenvalue weighted by Crippen LogP contribution is 2.35. The number of fused-ring (bicyclic) bond motifs is 1. The summed E-state index contributed by atoms with van der Waals surface area (Å²) in [5.41, 5.74) is 11.5. The number of aryl methyl sites for hydroxylation is 3. The fourth-order valence-electron chi connectivity index (χ4n) is 2.29. The Hall–Kier alpha value is -1.81. The van der Waals surface area contributed by atoms with E-state index in [9.17, 15) is 0 Å². The summed E-state index contributed by atoms with van der Waals surface area (Å²) < 4.78 is 2.13. The Morgan fingerprint density at radius 3 is 2.61 bits per heavy atom. The van der Waals surface area contributed by atoms with E-state index in [1.54, 1.807) is 11.3 Å². The number of nitrogens with two attached hydrogens (primary N) is 1. The second-order valence-corrected chi connectivity index (χ2v) is 5.48. The molecule has 0 radical (unpaired) electrons. The maximum Gasteiger partial charge on any atom is 0.153 e. The van der Waals surface area contributed by atoms with E-state index in [1.165, 1.54) is 11.1 Å². The van der Waals surface area contributed by atoms with Gasteiger partial charge in [-0.1, -0.05) is 12.1 Å². The summed E-state index contributed by atoms with van der Waals surface area (Å²) in [4.78, 5) is 5.77. The predicted molar refractivity (Wildman–Crippen MR) is 77.9 cm³/mol. The molecule has 0 aliphatic heterocycles. The van der Waals surface area contributed by atoms with Crippen molar-refractivity contribution >= 4 is 28.1 Å². The van der Waals surface area contributed by atoms with Crippen LogP contribution in [0, 0.1) is 13.8 Å². The van der Waals surface area contributed by atoms with E-state index in [2.05, 4.69) is 22.9 Å². The van der Waals surface area contributed by atoms with E-state index in [-0.39, 0.29) is 0 Å². The lowest BCUT2D eigenvalue weighted by Gasteiger charge is -2.03. The number of nitrogens with zero attached hydrogens (tertiary/aromatic N) is 2. The zero-order chi connectivity index (χ0) is 12.9. The highest BCUT2D eigenvalue weighted by Gasteiger charge is 2.15. The SMILES string of the molecule is Cc1csc(-c2nc3cccc(C)c3n2C)c1N. The molecule has 2 aromatic heterocycles. The van der Waals surface area contributed by atoms with Crippen LogP contribution >= 0.6 is 11.3 Å². The van der Waals surface area contributed by atoms with Crippen molar-refractivity contribution < 1.29 is 0 Å². The van der Waals surface area contributed by atoms with Gasteiger partial charge in [-0.15, -0.1) is 11.3 Å². The van der Waals surface area contributed by atoms with Crippen LogP contribution in [-0.4, -0.2) is 9.55 Å². The molecule has 0 saturated heterocycles. The van der Waals surface area contributed by atoms with Gasteiger partial charge in [-0.2, -0.15) is 0 Å². The molecule has 92 valence electrons. The van der Waals surface area contributed by atoms with Gasteiger partial charge in [0, 0.05) is 7.05 Å². The van der Waals surface area contributed by atoms with E-state index in [1.807, 2.05) is 26.1 Å². The maximum absolute atomic E-state index is 6.12. The van der Waals surface area contributed by atoms with Gasteiger partial charge < -0.3 is 10.3 Å². The second-order valence-electron chi connectivity index (χ2n) is 4.60. The lowest BCUT2D eigenvalue weighted by molar-refractivity contribution is 0.959. The molecule has 3 nitrogen and oxygen atoms in total. The van der Waals surface area contributed by atoms with E-state index in [0.29, 0.717) is 0 Å². The highest BCUT2D eigenvalue weighted by atomic mass is 32.1. The second kappa shape index (κ2) is 3.85. The van der Waals surface area contributed by atoms with Crippen LogP contribution < -0.4 is 5.73 Å². The van der Waals surface area contributed by atoms with Gasteiger partial charge in [0.05, 0.1) is 21.6 Å². The van der Waals surface area contributed by atoms with Crippen LogP contribution in [0.2, 0.25) is 0 Å². The van der Waals surface area contributed by atoms with Gasteiger partial charge in [-0.05, 0) is 36.4 Å². The number of anilines is 1. The summed E-state index contributed by atoms with van der Waals surface area (Å²) in [6, 6.07) is 6.19. The van der Waals surface area contributed by atoms with Crippen molar-refractivity contribution in [3.8, 4) is 10.7 Å². The molecule has 0 aliphatic rings. The first-order valence-corrected chi connectivity index (χ1v) is 6.73. The van der Waals surface area contributed by atoms with Crippen molar-refractivity contribution in [2.45, 2.75) is 13.8 Å². The van der Waals surface area contributed by atoms with Crippen LogP contribution in [0.15, 0.2) is 23.6 Å². The number of para-hydroxylation sites is 1. The molecule has 0 aliphatic carbocycles. The molecule has 2 N–H and O–H groups in total. The van der Waals surface area contributed by atoms with E-state index >= 15 is 0 Å². The van der Waals surface area contributed by atoms with Crippen molar-refractivity contribution in [2.24, 2.45) is 7.05 Å². The number of nitrogen functional groups attached to an aromatic ring is 1. The van der Waals surface area contributed by atoms with Crippen LogP contribution in [0.4, 0.5) is 5.69 Å². The Balaban J connectivity index is 2.34. The molecule has 0 amide bonds. The molecule has 0 atom stereocenters. The normalized spacial score (nSPS) is 11.3. The Kier molecular flexibility index (Phi) is 2.41. The standard InChI is InChI=1S/C14H15N3S/c1-8-5-4-6-10-12(8)17(3)14(16-10)13-11(15)9(2)7-18-13/h4-7H,15H2,1-3H3. The Bertz CT molecular complexity index is 737. The zero-order valence-corrected chi connectivity index (χ0v) is 11.5. The van der Waals surface area contributed by atoms with Crippen molar-refractivity contribution in [3.05, 3.63) is 34.7 Å². The van der Waals surface area contributed by atoms with E-state index < -0.39 is 0 Å². The number of hydrogen-bond acceptors (Lipinski definition) is 3. The van der Waals surface area contributed by atoms with Crippen LogP contribution in [0.5, 0.6) is 0 Å². The number of imidazole rings is 1. The fraction of sp³-hybridized carbons (Fsp3) is 0.214. The summed E-state index contributed by atoms with van der Waals surface area (Å²) in [5.74, 6) is 0.954. The summed E-state index contributed by atoms with van der Waals surface area (Å²) in [5, 5.41) is 2.08. The van der Waals surface area contributed by atoms with Crippen molar-refractivity contribution in [1.29, 1.82) is 0 Å². The number of thiophene rings is 1. The molecular weight excluding hydrogens is 242 g/mol. The lowest BCUT2D eigenvalue weighted by Crippen LogP contribution is -1.95. The van der Waals surface area contributed by atoms with E-state index in [4.69, 9.17) is 10.7 Å². The average molecular weight is 257 g/mol. The van der Waals surface area contributed by atoms with Gasteiger partial charge in [0.2, 0.25) is 0 Å². The third-order valence-corrected chi connectivity index (χ3v) is 4.43. The molecule has 18 heavy (non-hydrogen) atoms. The molecule has 3 aromatic rings. The average Bonchev–Trinajstić information content (AvgIpc) is 2.83. The largest absolute Gasteiger partial charge is 0.397 e. The summed E-state index contributed by atoms with van der Waals surface area (Å²) >= 11 is 1.66. The first kappa shape index (κ1) is 11.3. The van der Waals surface area contributed by atoms with Crippen LogP contribution in [0.1, 0.15) is 11.1 Å². The number of hydrogen-bond donors (Lipinski definition) is 1. The quantitative estimate of drug-likeness (QED) is 0.725. The molecular formula is C14H15N3S. The topological polar surface area (TPSA) is 43.8 Å². The Morgan fingerprint density at radius 1 is 1.22 bits per heavy atom. The minimum atomic E-state index is 0.844. The molecule has 4 heteroatoms. The minimum absolute atomic E-state index is 0.844. The first-order chi connectivity index (χ1) is 8.59. The van der Waals surface area contributed by atoms with Gasteiger partial charge in [0.1, 0.15) is 0 Å². The summed E-state index contributed by atoms with van der Waals surface area (Å²) in [7, 11) is 2.05. The number of benzene rings is 1. The molecule has 0 saturated carbocycles. The lowest BCUT2D eigenvalue weighted by atomic mass is 10.2. The molecule has 0 unspecified atom stereocenters. The number of rotatable bonds is 1. The smallest absolute Gasteiger partial charge is 0.153 e. The molecule has 0 fully saturated rings. The fourth-order valence-corrected chi connectivity index (χ4v) is 3.29. The zero-order valence-electron chi connectivity index (χ0n) is 10.7. The molecule has 0 spiro atoms. The summed E-state index contributed by atoms with van der Waals surface area (Å²) in [6.07, 6.45) is 0. The number of aromatic nitrogens is 2. The van der Waals surface area contributed by atoms with E-state index in [0.717, 1.165) is 27.5 Å². The van der Waals surface area contributed by atoms with Gasteiger partial charge >= 0.3 is 0 Å². The van der Waals surface area contributed by atoms with Crippen LogP contribution in [0.25, 0.3) is 21.7 Å². The van der Waals surface area contributed by atoms with Crippen molar-refractivity contribution in [3.63, 3.8) is 0 Å². The van der Waals surface area contributed by atoms with Crippen LogP contribution in [-0.2, 0) is 7.05 Å². The molecule has 0 bridgehead atoms. The van der Waals surface area contributed by atoms with Gasteiger partial charge in [0.15, 0.2) is 5.82 Å². The van der Waals surface area contributed by atoms with Crippen LogP contribution in [0.3, 0.4) is 0 Å². The van der Waals surface area contributed by atoms with Crippen molar-refractivity contribution in [1.82, 2.24) is 9.55 Å². The Morgan fingerprint density at radius 2 is 2.00 bits per heavy atom. The monoisotopic (exact) mass is 257 g/mol. The highest BCUT2D eigenvalue weighted by molar-refractivity contribution is 7.14. The maximum atomic E-state index is 6.12.